The molecular weight excluding hydrogens is 206 g/mol. The molecule has 0 saturated heterocycles. The van der Waals surface area contributed by atoms with Crippen LogP contribution in [0.5, 0.6) is 0 Å². The Kier molecular flexibility index (Phi) is 2.62. The molecule has 0 bridgehead atoms. The molecular formula is C8H15NO4S. The Morgan fingerprint density at radius 3 is 2.07 bits per heavy atom. The second kappa shape index (κ2) is 3.20. The van der Waals surface area contributed by atoms with Crippen LogP contribution in [0, 0.1) is 0 Å². The van der Waals surface area contributed by atoms with Crippen molar-refractivity contribution in [1.82, 2.24) is 4.31 Å². The van der Waals surface area contributed by atoms with Crippen molar-refractivity contribution in [3.63, 3.8) is 0 Å². The van der Waals surface area contributed by atoms with E-state index in [1.807, 2.05) is 0 Å². The van der Waals surface area contributed by atoms with Gasteiger partial charge in [-0.1, -0.05) is 0 Å². The molecule has 1 aliphatic carbocycles. The highest BCUT2D eigenvalue weighted by Crippen LogP contribution is 2.45. The summed E-state index contributed by atoms with van der Waals surface area (Å²) >= 11 is 0. The van der Waals surface area contributed by atoms with Gasteiger partial charge in [0.1, 0.15) is 0 Å². The molecule has 14 heavy (non-hydrogen) atoms. The second-order valence-corrected chi connectivity index (χ2v) is 6.22. The molecule has 0 aliphatic heterocycles. The zero-order chi connectivity index (χ0) is 11.1. The Hall–Kier alpha value is -0.620. The van der Waals surface area contributed by atoms with Crippen molar-refractivity contribution in [2.45, 2.75) is 37.5 Å². The maximum absolute atomic E-state index is 11.8. The number of hydrogen-bond acceptors (Lipinski definition) is 3. The summed E-state index contributed by atoms with van der Waals surface area (Å²) in [5, 5.41) is 8.86. The minimum atomic E-state index is -3.69. The molecule has 1 fully saturated rings. The van der Waals surface area contributed by atoms with E-state index in [9.17, 15) is 13.2 Å². The van der Waals surface area contributed by atoms with Gasteiger partial charge < -0.3 is 5.11 Å². The summed E-state index contributed by atoms with van der Waals surface area (Å²) in [6, 6.07) is -0.211. The fourth-order valence-electron chi connectivity index (χ4n) is 1.25. The SMILES string of the molecule is CC(C)N(C)S(=O)(=O)C1(C(=O)O)CC1. The number of aliphatic carboxylic acids is 1. The average Bonchev–Trinajstić information content (AvgIpc) is 2.82. The summed E-state index contributed by atoms with van der Waals surface area (Å²) in [6.45, 7) is 3.44. The van der Waals surface area contributed by atoms with E-state index in [-0.39, 0.29) is 18.9 Å². The van der Waals surface area contributed by atoms with Crippen molar-refractivity contribution in [2.75, 3.05) is 7.05 Å². The Labute approximate surface area is 83.8 Å². The van der Waals surface area contributed by atoms with Gasteiger partial charge in [-0.25, -0.2) is 12.7 Å². The van der Waals surface area contributed by atoms with E-state index in [4.69, 9.17) is 5.11 Å². The molecule has 0 atom stereocenters. The molecule has 0 spiro atoms. The van der Waals surface area contributed by atoms with Gasteiger partial charge in [-0.3, -0.25) is 4.79 Å². The lowest BCUT2D eigenvalue weighted by molar-refractivity contribution is -0.137. The molecule has 0 aromatic rings. The summed E-state index contributed by atoms with van der Waals surface area (Å²) in [4.78, 5) is 10.9. The molecule has 0 aromatic heterocycles. The molecule has 0 unspecified atom stereocenters. The van der Waals surface area contributed by atoms with Crippen molar-refractivity contribution in [2.24, 2.45) is 0 Å². The van der Waals surface area contributed by atoms with Crippen molar-refractivity contribution in [3.8, 4) is 0 Å². The number of carbonyl (C=O) groups is 1. The zero-order valence-corrected chi connectivity index (χ0v) is 9.34. The molecule has 6 heteroatoms. The minimum Gasteiger partial charge on any atom is -0.480 e. The largest absolute Gasteiger partial charge is 0.480 e. The molecule has 0 radical (unpaired) electrons. The molecule has 1 saturated carbocycles. The van der Waals surface area contributed by atoms with Gasteiger partial charge in [0.2, 0.25) is 10.0 Å². The van der Waals surface area contributed by atoms with Crippen LogP contribution in [0.2, 0.25) is 0 Å². The van der Waals surface area contributed by atoms with Gasteiger partial charge in [0.25, 0.3) is 0 Å². The predicted molar refractivity (Wildman–Crippen MR) is 51.4 cm³/mol. The first-order valence-electron chi connectivity index (χ1n) is 4.46. The Morgan fingerprint density at radius 2 is 1.86 bits per heavy atom. The van der Waals surface area contributed by atoms with Crippen LogP contribution in [0.4, 0.5) is 0 Å². The normalized spacial score (nSPS) is 20.1. The minimum absolute atomic E-state index is 0.211. The van der Waals surface area contributed by atoms with Gasteiger partial charge in [-0.2, -0.15) is 0 Å². The highest BCUT2D eigenvalue weighted by atomic mass is 32.2. The Balaban J connectivity index is 3.03. The Bertz CT molecular complexity index is 342. The fraction of sp³-hybridized carbons (Fsp3) is 0.875. The monoisotopic (exact) mass is 221 g/mol. The molecule has 1 rings (SSSR count). The van der Waals surface area contributed by atoms with E-state index < -0.39 is 20.7 Å². The number of rotatable bonds is 4. The van der Waals surface area contributed by atoms with Gasteiger partial charge in [0, 0.05) is 13.1 Å². The van der Waals surface area contributed by atoms with Crippen LogP contribution in [0.3, 0.4) is 0 Å². The third-order valence-corrected chi connectivity index (χ3v) is 5.44. The van der Waals surface area contributed by atoms with Crippen molar-refractivity contribution in [3.05, 3.63) is 0 Å². The maximum Gasteiger partial charge on any atom is 0.326 e. The van der Waals surface area contributed by atoms with Crippen LogP contribution in [-0.2, 0) is 14.8 Å². The van der Waals surface area contributed by atoms with E-state index in [0.717, 1.165) is 4.31 Å². The van der Waals surface area contributed by atoms with E-state index in [2.05, 4.69) is 0 Å². The molecule has 82 valence electrons. The van der Waals surface area contributed by atoms with E-state index >= 15 is 0 Å². The summed E-state index contributed by atoms with van der Waals surface area (Å²) < 4.78 is 23.3. The lowest BCUT2D eigenvalue weighted by Crippen LogP contribution is -2.45. The standard InChI is InChI=1S/C8H15NO4S/c1-6(2)9(3)14(12,13)8(4-5-8)7(10)11/h6H,4-5H2,1-3H3,(H,10,11). The van der Waals surface area contributed by atoms with E-state index in [1.165, 1.54) is 7.05 Å². The fourth-order valence-corrected chi connectivity index (χ4v) is 3.19. The summed E-state index contributed by atoms with van der Waals surface area (Å²) in [5.41, 5.74) is 0. The smallest absolute Gasteiger partial charge is 0.326 e. The van der Waals surface area contributed by atoms with Crippen LogP contribution >= 0.6 is 0 Å². The first-order valence-corrected chi connectivity index (χ1v) is 5.91. The van der Waals surface area contributed by atoms with Crippen molar-refractivity contribution < 1.29 is 18.3 Å². The van der Waals surface area contributed by atoms with Gasteiger partial charge in [-0.15, -0.1) is 0 Å². The average molecular weight is 221 g/mol. The van der Waals surface area contributed by atoms with Gasteiger partial charge >= 0.3 is 5.97 Å². The quantitative estimate of drug-likeness (QED) is 0.739. The van der Waals surface area contributed by atoms with Crippen molar-refractivity contribution in [1.29, 1.82) is 0 Å². The highest BCUT2D eigenvalue weighted by molar-refractivity contribution is 7.91. The number of carboxylic acids is 1. The van der Waals surface area contributed by atoms with E-state index in [1.54, 1.807) is 13.8 Å². The molecule has 0 aromatic carbocycles. The van der Waals surface area contributed by atoms with Crippen LogP contribution in [0.1, 0.15) is 26.7 Å². The molecule has 0 heterocycles. The highest BCUT2D eigenvalue weighted by Gasteiger charge is 2.63. The second-order valence-electron chi connectivity index (χ2n) is 3.91. The molecule has 0 amide bonds. The maximum atomic E-state index is 11.8. The van der Waals surface area contributed by atoms with Crippen molar-refractivity contribution >= 4 is 16.0 Å². The van der Waals surface area contributed by atoms with E-state index in [0.29, 0.717) is 0 Å². The van der Waals surface area contributed by atoms with Gasteiger partial charge in [0.15, 0.2) is 4.75 Å². The number of sulfonamides is 1. The number of nitrogens with zero attached hydrogens (tertiary/aromatic N) is 1. The first-order chi connectivity index (χ1) is 6.25. The number of hydrogen-bond donors (Lipinski definition) is 1. The zero-order valence-electron chi connectivity index (χ0n) is 8.52. The van der Waals surface area contributed by atoms with Gasteiger partial charge in [-0.05, 0) is 26.7 Å². The van der Waals surface area contributed by atoms with Gasteiger partial charge in [0.05, 0.1) is 0 Å². The van der Waals surface area contributed by atoms with Crippen LogP contribution in [0.25, 0.3) is 0 Å². The Morgan fingerprint density at radius 1 is 1.43 bits per heavy atom. The molecule has 5 nitrogen and oxygen atoms in total. The number of carboxylic acid groups (broad SMARTS) is 1. The topological polar surface area (TPSA) is 74.7 Å². The third kappa shape index (κ3) is 1.42. The summed E-state index contributed by atoms with van der Waals surface area (Å²) in [5.74, 6) is -1.23. The lowest BCUT2D eigenvalue weighted by atomic mass is 10.4. The first kappa shape index (κ1) is 11.5. The lowest BCUT2D eigenvalue weighted by Gasteiger charge is -2.24. The summed E-state index contributed by atoms with van der Waals surface area (Å²) in [6.07, 6.45) is 0.448. The van der Waals surface area contributed by atoms with Crippen LogP contribution in [0.15, 0.2) is 0 Å². The van der Waals surface area contributed by atoms with Crippen LogP contribution < -0.4 is 0 Å². The molecule has 1 aliphatic rings. The third-order valence-electron chi connectivity index (χ3n) is 2.69. The molecule has 1 N–H and O–H groups in total. The predicted octanol–water partition coefficient (Wildman–Crippen LogP) is 0.274. The van der Waals surface area contributed by atoms with Crippen LogP contribution in [-0.4, -0.2) is 41.6 Å². The summed E-state index contributed by atoms with van der Waals surface area (Å²) in [7, 11) is -2.27.